The van der Waals surface area contributed by atoms with Gasteiger partial charge in [0.1, 0.15) is 6.61 Å². The fraction of sp³-hybridized carbons (Fsp3) is 0.500. The van der Waals surface area contributed by atoms with E-state index >= 15 is 0 Å². The third kappa shape index (κ3) is 2.57. The summed E-state index contributed by atoms with van der Waals surface area (Å²) in [6.45, 7) is 2.92. The highest BCUT2D eigenvalue weighted by atomic mass is 35.5. The average molecular weight is 382 g/mol. The van der Waals surface area contributed by atoms with Crippen molar-refractivity contribution in [3.05, 3.63) is 28.2 Å². The molecule has 1 amide bonds. The van der Waals surface area contributed by atoms with Crippen LogP contribution in [-0.2, 0) is 11.2 Å². The smallest absolute Gasteiger partial charge is 0.248 e. The number of aromatic amines is 1. The first kappa shape index (κ1) is 17.6. The molecule has 26 heavy (non-hydrogen) atoms. The molecule has 0 radical (unpaired) electrons. The van der Waals surface area contributed by atoms with Crippen LogP contribution in [0.4, 0.5) is 10.1 Å². The molecular weight excluding hydrogens is 361 g/mol. The van der Waals surface area contributed by atoms with E-state index in [-0.39, 0.29) is 17.0 Å². The van der Waals surface area contributed by atoms with Crippen LogP contribution in [0.15, 0.2) is 6.07 Å². The molecule has 1 aromatic carbocycles. The Morgan fingerprint density at radius 1 is 1.46 bits per heavy atom. The summed E-state index contributed by atoms with van der Waals surface area (Å²) in [5.41, 5.74) is 2.85. The van der Waals surface area contributed by atoms with Crippen molar-refractivity contribution >= 4 is 34.1 Å². The van der Waals surface area contributed by atoms with Crippen LogP contribution < -0.4 is 4.90 Å². The Bertz CT molecular complexity index is 884. The minimum atomic E-state index is -0.548. The van der Waals surface area contributed by atoms with E-state index in [4.69, 9.17) is 11.6 Å². The second kappa shape index (κ2) is 6.40. The van der Waals surface area contributed by atoms with Crippen molar-refractivity contribution in [3.8, 4) is 0 Å². The normalized spacial score (nSPS) is 23.0. The molecule has 3 N–H and O–H groups in total. The zero-order valence-corrected chi connectivity index (χ0v) is 15.2. The summed E-state index contributed by atoms with van der Waals surface area (Å²) in [5.74, 6) is -0.850. The fourth-order valence-corrected chi connectivity index (χ4v) is 4.45. The topological polar surface area (TPSA) is 79.8 Å². The minimum Gasteiger partial charge on any atom is -0.391 e. The molecule has 0 aliphatic carbocycles. The molecule has 0 saturated carbocycles. The van der Waals surface area contributed by atoms with E-state index in [1.165, 1.54) is 0 Å². The maximum absolute atomic E-state index is 14.7. The molecule has 1 aromatic heterocycles. The number of carbonyl (C=O) groups is 1. The van der Waals surface area contributed by atoms with Gasteiger partial charge in [0.2, 0.25) is 5.91 Å². The van der Waals surface area contributed by atoms with Crippen molar-refractivity contribution in [2.45, 2.75) is 31.9 Å². The number of β-amino-alcohol motifs (C(OH)–C–C–N with tert-alkyl or cyclic N) is 1. The number of aromatic nitrogens is 1. The number of anilines is 1. The van der Waals surface area contributed by atoms with Crippen LogP contribution in [0.1, 0.15) is 30.6 Å². The monoisotopic (exact) mass is 381 g/mol. The van der Waals surface area contributed by atoms with E-state index in [0.29, 0.717) is 43.4 Å². The molecule has 2 aliphatic rings. The molecule has 0 bridgehead atoms. The first-order valence-electron chi connectivity index (χ1n) is 8.78. The summed E-state index contributed by atoms with van der Waals surface area (Å²) in [5, 5.41) is 19.9. The van der Waals surface area contributed by atoms with Crippen molar-refractivity contribution in [1.29, 1.82) is 0 Å². The molecule has 2 aliphatic heterocycles. The second-order valence-electron chi connectivity index (χ2n) is 7.02. The van der Waals surface area contributed by atoms with Crippen molar-refractivity contribution in [2.75, 3.05) is 31.1 Å². The van der Waals surface area contributed by atoms with Gasteiger partial charge in [0.05, 0.1) is 22.7 Å². The molecule has 6 nitrogen and oxygen atoms in total. The number of nitrogens with one attached hydrogen (secondary N) is 1. The SMILES string of the molecule is C[C@H]1c2c([nH]c3c(F)c(Cl)cc(N4CCC(O)C4)c23)CCN1C(=O)CO. The van der Waals surface area contributed by atoms with Gasteiger partial charge in [-0.3, -0.25) is 4.79 Å². The van der Waals surface area contributed by atoms with Gasteiger partial charge in [0.25, 0.3) is 0 Å². The number of H-pyrrole nitrogens is 1. The predicted molar refractivity (Wildman–Crippen MR) is 97.0 cm³/mol. The van der Waals surface area contributed by atoms with Gasteiger partial charge in [-0.1, -0.05) is 11.6 Å². The summed E-state index contributed by atoms with van der Waals surface area (Å²) >= 11 is 6.13. The number of benzene rings is 1. The number of hydrogen-bond donors (Lipinski definition) is 3. The summed E-state index contributed by atoms with van der Waals surface area (Å²) in [7, 11) is 0. The van der Waals surface area contributed by atoms with Crippen molar-refractivity contribution in [2.24, 2.45) is 0 Å². The standard InChI is InChI=1S/C18H21ClFN3O3/c1-9-15-12(3-5-23(9)14(26)8-24)21-18-16(15)13(6-11(19)17(18)20)22-4-2-10(25)7-22/h6,9-10,21,24-25H,2-5,7-8H2,1H3/t9-,10?/m0/s1. The molecule has 1 unspecified atom stereocenters. The molecule has 2 atom stereocenters. The Morgan fingerprint density at radius 2 is 2.23 bits per heavy atom. The number of hydrogen-bond acceptors (Lipinski definition) is 4. The summed E-state index contributed by atoms with van der Waals surface area (Å²) in [6, 6.07) is 1.31. The van der Waals surface area contributed by atoms with Crippen molar-refractivity contribution in [3.63, 3.8) is 0 Å². The van der Waals surface area contributed by atoms with Crippen LogP contribution in [0, 0.1) is 5.82 Å². The van der Waals surface area contributed by atoms with Gasteiger partial charge >= 0.3 is 0 Å². The lowest BCUT2D eigenvalue weighted by atomic mass is 9.95. The third-order valence-electron chi connectivity index (χ3n) is 5.52. The molecule has 1 fully saturated rings. The molecule has 1 saturated heterocycles. The zero-order valence-electron chi connectivity index (χ0n) is 14.4. The number of rotatable bonds is 2. The molecule has 4 rings (SSSR count). The van der Waals surface area contributed by atoms with Gasteiger partial charge in [0, 0.05) is 48.4 Å². The van der Waals surface area contributed by atoms with Gasteiger partial charge in [-0.15, -0.1) is 0 Å². The Kier molecular flexibility index (Phi) is 4.33. The molecule has 140 valence electrons. The maximum atomic E-state index is 14.7. The van der Waals surface area contributed by atoms with Crippen molar-refractivity contribution in [1.82, 2.24) is 9.88 Å². The van der Waals surface area contributed by atoms with E-state index < -0.39 is 18.5 Å². The van der Waals surface area contributed by atoms with E-state index in [1.807, 2.05) is 11.8 Å². The van der Waals surface area contributed by atoms with Gasteiger partial charge in [0.15, 0.2) is 5.82 Å². The molecule has 0 spiro atoms. The van der Waals surface area contributed by atoms with E-state index in [2.05, 4.69) is 4.98 Å². The zero-order chi connectivity index (χ0) is 18.6. The highest BCUT2D eigenvalue weighted by molar-refractivity contribution is 6.32. The Morgan fingerprint density at radius 3 is 2.88 bits per heavy atom. The second-order valence-corrected chi connectivity index (χ2v) is 7.43. The van der Waals surface area contributed by atoms with Crippen molar-refractivity contribution < 1.29 is 19.4 Å². The third-order valence-corrected chi connectivity index (χ3v) is 5.79. The summed E-state index contributed by atoms with van der Waals surface area (Å²) < 4.78 is 14.7. The van der Waals surface area contributed by atoms with E-state index in [1.54, 1.807) is 11.0 Å². The lowest BCUT2D eigenvalue weighted by molar-refractivity contribution is -0.136. The fourth-order valence-electron chi connectivity index (χ4n) is 4.25. The van der Waals surface area contributed by atoms with Gasteiger partial charge in [-0.05, 0) is 19.4 Å². The first-order chi connectivity index (χ1) is 12.4. The van der Waals surface area contributed by atoms with Gasteiger partial charge in [-0.2, -0.15) is 0 Å². The number of nitrogens with zero attached hydrogens (tertiary/aromatic N) is 2. The summed E-state index contributed by atoms with van der Waals surface area (Å²) in [4.78, 5) is 18.9. The van der Waals surface area contributed by atoms with Crippen LogP contribution in [0.5, 0.6) is 0 Å². The van der Waals surface area contributed by atoms with Gasteiger partial charge in [-0.25, -0.2) is 4.39 Å². The highest BCUT2D eigenvalue weighted by Crippen LogP contribution is 2.43. The molecular formula is C18H21ClFN3O3. The number of amides is 1. The quantitative estimate of drug-likeness (QED) is 0.743. The van der Waals surface area contributed by atoms with Crippen LogP contribution in [0.2, 0.25) is 5.02 Å². The number of aliphatic hydroxyl groups is 2. The lowest BCUT2D eigenvalue weighted by Crippen LogP contribution is -2.40. The van der Waals surface area contributed by atoms with Crippen LogP contribution in [-0.4, -0.2) is 58.3 Å². The maximum Gasteiger partial charge on any atom is 0.248 e. The summed E-state index contributed by atoms with van der Waals surface area (Å²) in [6.07, 6.45) is 0.779. The molecule has 8 heteroatoms. The average Bonchev–Trinajstić information content (AvgIpc) is 3.22. The molecule has 3 heterocycles. The number of aliphatic hydroxyl groups excluding tert-OH is 2. The van der Waals surface area contributed by atoms with Gasteiger partial charge < -0.3 is 25.0 Å². The largest absolute Gasteiger partial charge is 0.391 e. The Labute approximate surface area is 155 Å². The predicted octanol–water partition coefficient (Wildman–Crippen LogP) is 1.97. The first-order valence-corrected chi connectivity index (χ1v) is 9.16. The Balaban J connectivity index is 1.92. The lowest BCUT2D eigenvalue weighted by Gasteiger charge is -2.34. The van der Waals surface area contributed by atoms with Crippen LogP contribution >= 0.6 is 11.6 Å². The highest BCUT2D eigenvalue weighted by Gasteiger charge is 2.34. The Hall–Kier alpha value is -1.83. The van der Waals surface area contributed by atoms with Crippen LogP contribution in [0.3, 0.4) is 0 Å². The molecule has 2 aromatic rings. The number of carbonyl (C=O) groups excluding carboxylic acids is 1. The van der Waals surface area contributed by atoms with E-state index in [0.717, 1.165) is 16.9 Å². The minimum absolute atomic E-state index is 0.0310. The number of fused-ring (bicyclic) bond motifs is 3. The number of halogens is 2. The van der Waals surface area contributed by atoms with Crippen LogP contribution in [0.25, 0.3) is 10.9 Å². The van der Waals surface area contributed by atoms with E-state index in [9.17, 15) is 19.4 Å².